The number of aliphatic hydroxyl groups is 1. The topological polar surface area (TPSA) is 96.3 Å². The quantitative estimate of drug-likeness (QED) is 0.366. The molecule has 0 aliphatic carbocycles. The van der Waals surface area contributed by atoms with E-state index in [0.717, 1.165) is 5.56 Å². The molecule has 1 unspecified atom stereocenters. The first-order chi connectivity index (χ1) is 15.5. The van der Waals surface area contributed by atoms with Gasteiger partial charge in [-0.2, -0.15) is 0 Å². The third-order valence-electron chi connectivity index (χ3n) is 5.68. The molecule has 1 saturated heterocycles. The minimum atomic E-state index is -0.916. The molecular weight excluding hydrogens is 446 g/mol. The highest BCUT2D eigenvalue weighted by Crippen LogP contribution is 2.43. The number of hydrogen-bond acceptors (Lipinski definition) is 6. The van der Waals surface area contributed by atoms with Gasteiger partial charge in [0, 0.05) is 13.7 Å². The van der Waals surface area contributed by atoms with Crippen molar-refractivity contribution in [3.8, 4) is 11.5 Å². The molecule has 0 radical (unpaired) electrons. The van der Waals surface area contributed by atoms with Crippen LogP contribution < -0.4 is 4.74 Å². The van der Waals surface area contributed by atoms with Crippen molar-refractivity contribution in [3.63, 3.8) is 0 Å². The van der Waals surface area contributed by atoms with E-state index in [9.17, 15) is 19.8 Å². The van der Waals surface area contributed by atoms with Crippen LogP contribution in [-0.2, 0) is 19.7 Å². The molecule has 1 heterocycles. The average molecular weight is 474 g/mol. The van der Waals surface area contributed by atoms with Crippen molar-refractivity contribution < 1.29 is 29.3 Å². The SMILES string of the molecule is COCCN1C(=O)C(=O)/C(=C(/O)c2cc(C(C)(C)C)ccc2OC)C1c1ccc(O)c(Cl)c1. The zero-order valence-corrected chi connectivity index (χ0v) is 20.1. The maximum Gasteiger partial charge on any atom is 0.295 e. The van der Waals surface area contributed by atoms with Gasteiger partial charge in [-0.3, -0.25) is 9.59 Å². The third-order valence-corrected chi connectivity index (χ3v) is 5.99. The van der Waals surface area contributed by atoms with Crippen LogP contribution in [-0.4, -0.2) is 54.2 Å². The minimum absolute atomic E-state index is 0.0668. The molecule has 176 valence electrons. The maximum atomic E-state index is 13.1. The van der Waals surface area contributed by atoms with Crippen molar-refractivity contribution in [3.05, 3.63) is 63.7 Å². The number of ketones is 1. The number of phenols is 1. The molecule has 3 rings (SSSR count). The first kappa shape index (κ1) is 24.6. The maximum absolute atomic E-state index is 13.1. The second kappa shape index (κ2) is 9.45. The van der Waals surface area contributed by atoms with Crippen LogP contribution >= 0.6 is 11.6 Å². The van der Waals surface area contributed by atoms with Gasteiger partial charge in [0.15, 0.2) is 0 Å². The lowest BCUT2D eigenvalue weighted by Gasteiger charge is -2.26. The number of likely N-dealkylation sites (tertiary alicyclic amines) is 1. The van der Waals surface area contributed by atoms with Gasteiger partial charge in [-0.15, -0.1) is 0 Å². The molecule has 0 aromatic heterocycles. The normalized spacial score (nSPS) is 18.1. The van der Waals surface area contributed by atoms with E-state index in [2.05, 4.69) is 0 Å². The summed E-state index contributed by atoms with van der Waals surface area (Å²) >= 11 is 6.12. The van der Waals surface area contributed by atoms with Crippen LogP contribution in [0.25, 0.3) is 5.76 Å². The summed E-state index contributed by atoms with van der Waals surface area (Å²) in [5, 5.41) is 21.3. The summed E-state index contributed by atoms with van der Waals surface area (Å²) < 4.78 is 10.6. The molecule has 2 N–H and O–H groups in total. The van der Waals surface area contributed by atoms with Crippen LogP contribution in [0.3, 0.4) is 0 Å². The molecule has 0 bridgehead atoms. The molecule has 33 heavy (non-hydrogen) atoms. The minimum Gasteiger partial charge on any atom is -0.507 e. The van der Waals surface area contributed by atoms with Gasteiger partial charge in [0.05, 0.1) is 35.9 Å². The van der Waals surface area contributed by atoms with Gasteiger partial charge in [0.1, 0.15) is 17.3 Å². The second-order valence-electron chi connectivity index (χ2n) is 8.86. The monoisotopic (exact) mass is 473 g/mol. The number of carbonyl (C=O) groups is 2. The van der Waals surface area contributed by atoms with Crippen LogP contribution in [0.15, 0.2) is 42.0 Å². The van der Waals surface area contributed by atoms with Crippen LogP contribution in [0.1, 0.15) is 43.5 Å². The molecule has 0 spiro atoms. The molecule has 1 aliphatic rings. The van der Waals surface area contributed by atoms with E-state index < -0.39 is 17.7 Å². The van der Waals surface area contributed by atoms with Crippen LogP contribution in [0.4, 0.5) is 0 Å². The lowest BCUT2D eigenvalue weighted by Crippen LogP contribution is -2.32. The fourth-order valence-corrected chi connectivity index (χ4v) is 4.03. The van der Waals surface area contributed by atoms with Crippen molar-refractivity contribution in [2.45, 2.75) is 32.2 Å². The Morgan fingerprint density at radius 3 is 2.39 bits per heavy atom. The number of nitrogens with zero attached hydrogens (tertiary/aromatic N) is 1. The molecule has 1 aliphatic heterocycles. The van der Waals surface area contributed by atoms with E-state index in [4.69, 9.17) is 21.1 Å². The van der Waals surface area contributed by atoms with Gasteiger partial charge in [0.2, 0.25) is 0 Å². The van der Waals surface area contributed by atoms with Gasteiger partial charge in [-0.1, -0.05) is 44.5 Å². The first-order valence-electron chi connectivity index (χ1n) is 10.5. The van der Waals surface area contributed by atoms with Crippen molar-refractivity contribution in [2.24, 2.45) is 0 Å². The Kier molecular flexibility index (Phi) is 7.05. The Hall–Kier alpha value is -3.03. The number of Topliss-reactive ketones (excluding diaryl/α,β-unsaturated/α-hetero) is 1. The molecule has 7 nitrogen and oxygen atoms in total. The van der Waals surface area contributed by atoms with E-state index in [0.29, 0.717) is 16.9 Å². The van der Waals surface area contributed by atoms with Crippen LogP contribution in [0, 0.1) is 0 Å². The number of benzene rings is 2. The highest BCUT2D eigenvalue weighted by atomic mass is 35.5. The Morgan fingerprint density at radius 2 is 1.82 bits per heavy atom. The summed E-state index contributed by atoms with van der Waals surface area (Å²) in [5.41, 5.74) is 1.39. The standard InChI is InChI=1S/C25H28ClNO6/c1-25(2,3)15-7-9-19(33-5)16(13-15)22(29)20-21(14-6-8-18(28)17(26)12-14)27(10-11-32-4)24(31)23(20)30/h6-9,12-13,21,28-29H,10-11H2,1-5H3/b22-20+. The molecule has 8 heteroatoms. The zero-order valence-electron chi connectivity index (χ0n) is 19.3. The number of ether oxygens (including phenoxy) is 2. The fraction of sp³-hybridized carbons (Fsp3) is 0.360. The second-order valence-corrected chi connectivity index (χ2v) is 9.27. The van der Waals surface area contributed by atoms with Crippen LogP contribution in [0.5, 0.6) is 11.5 Å². The van der Waals surface area contributed by atoms with Crippen molar-refractivity contribution >= 4 is 29.1 Å². The van der Waals surface area contributed by atoms with Crippen molar-refractivity contribution in [2.75, 3.05) is 27.4 Å². The summed E-state index contributed by atoms with van der Waals surface area (Å²) in [6.07, 6.45) is 0. The summed E-state index contributed by atoms with van der Waals surface area (Å²) in [6.45, 7) is 6.40. The van der Waals surface area contributed by atoms with E-state index in [1.54, 1.807) is 18.2 Å². The summed E-state index contributed by atoms with van der Waals surface area (Å²) in [5.74, 6) is -1.68. The van der Waals surface area contributed by atoms with Gasteiger partial charge < -0.3 is 24.6 Å². The van der Waals surface area contributed by atoms with E-state index in [1.165, 1.54) is 31.3 Å². The summed E-state index contributed by atoms with van der Waals surface area (Å²) in [4.78, 5) is 27.4. The largest absolute Gasteiger partial charge is 0.507 e. The molecule has 2 aromatic rings. The Labute approximate surface area is 198 Å². The third kappa shape index (κ3) is 4.70. The molecule has 2 aromatic carbocycles. The predicted molar refractivity (Wildman–Crippen MR) is 126 cm³/mol. The van der Waals surface area contributed by atoms with E-state index in [-0.39, 0.29) is 40.7 Å². The molecule has 1 fully saturated rings. The highest BCUT2D eigenvalue weighted by Gasteiger charge is 2.46. The van der Waals surface area contributed by atoms with Crippen molar-refractivity contribution in [1.82, 2.24) is 4.90 Å². The number of amides is 1. The number of phenolic OH excluding ortho intramolecular Hbond substituents is 1. The number of rotatable bonds is 6. The molecule has 1 amide bonds. The lowest BCUT2D eigenvalue weighted by atomic mass is 9.85. The van der Waals surface area contributed by atoms with Gasteiger partial charge in [-0.25, -0.2) is 0 Å². The average Bonchev–Trinajstić information content (AvgIpc) is 3.02. The molecular formula is C25H28ClNO6. The first-order valence-corrected chi connectivity index (χ1v) is 10.8. The Morgan fingerprint density at radius 1 is 1.12 bits per heavy atom. The number of carbonyl (C=O) groups excluding carboxylic acids is 2. The van der Waals surface area contributed by atoms with Gasteiger partial charge in [-0.05, 0) is 40.8 Å². The number of aliphatic hydroxyl groups excluding tert-OH is 1. The molecule has 1 atom stereocenters. The van der Waals surface area contributed by atoms with Crippen LogP contribution in [0.2, 0.25) is 5.02 Å². The van der Waals surface area contributed by atoms with Crippen molar-refractivity contribution in [1.29, 1.82) is 0 Å². The number of hydrogen-bond donors (Lipinski definition) is 2. The van der Waals surface area contributed by atoms with Gasteiger partial charge in [0.25, 0.3) is 11.7 Å². The fourth-order valence-electron chi connectivity index (χ4n) is 3.84. The lowest BCUT2D eigenvalue weighted by molar-refractivity contribution is -0.140. The summed E-state index contributed by atoms with van der Waals surface area (Å²) in [6, 6.07) is 8.89. The number of methoxy groups -OCH3 is 2. The Balaban J connectivity index is 2.28. The number of aromatic hydroxyl groups is 1. The molecule has 0 saturated carbocycles. The van der Waals surface area contributed by atoms with E-state index >= 15 is 0 Å². The van der Waals surface area contributed by atoms with E-state index in [1.807, 2.05) is 26.8 Å². The summed E-state index contributed by atoms with van der Waals surface area (Å²) in [7, 11) is 2.96. The highest BCUT2D eigenvalue weighted by molar-refractivity contribution is 6.46. The predicted octanol–water partition coefficient (Wildman–Crippen LogP) is 4.42. The Bertz CT molecular complexity index is 1120. The smallest absolute Gasteiger partial charge is 0.295 e. The van der Waals surface area contributed by atoms with Gasteiger partial charge >= 0.3 is 0 Å². The zero-order chi connectivity index (χ0) is 24.5. The number of halogens is 1.